The van der Waals surface area contributed by atoms with Crippen LogP contribution >= 0.6 is 0 Å². The van der Waals surface area contributed by atoms with Crippen LogP contribution in [0.5, 0.6) is 0 Å². The number of nitrogens with one attached hydrogen (secondary N) is 1. The number of hydrogen-bond donors (Lipinski definition) is 1. The highest BCUT2D eigenvalue weighted by atomic mass is 16.5. The van der Waals surface area contributed by atoms with Gasteiger partial charge in [-0.2, -0.15) is 0 Å². The molecule has 1 aliphatic rings. The fourth-order valence-corrected chi connectivity index (χ4v) is 3.46. The summed E-state index contributed by atoms with van der Waals surface area (Å²) in [6.45, 7) is 3.23. The molecule has 138 valence electrons. The lowest BCUT2D eigenvalue weighted by Crippen LogP contribution is -2.48. The summed E-state index contributed by atoms with van der Waals surface area (Å²) < 4.78 is 10.3. The van der Waals surface area contributed by atoms with Crippen LogP contribution in [0.15, 0.2) is 18.7 Å². The maximum atomic E-state index is 6.08. The second kappa shape index (κ2) is 7.55. The normalized spacial score (nSPS) is 21.6. The van der Waals surface area contributed by atoms with Gasteiger partial charge >= 0.3 is 0 Å². The van der Waals surface area contributed by atoms with Gasteiger partial charge in [0.25, 0.3) is 0 Å². The van der Waals surface area contributed by atoms with Gasteiger partial charge < -0.3 is 24.1 Å². The molecule has 0 amide bonds. The Morgan fingerprint density at radius 3 is 2.72 bits per heavy atom. The Hall–Kier alpha value is -1.90. The molecular weight excluding hydrogens is 318 g/mol. The number of nitrogens with zero attached hydrogens (tertiary/aromatic N) is 6. The van der Waals surface area contributed by atoms with E-state index in [-0.39, 0.29) is 12.1 Å². The molecular formula is C17H29N7O. The van der Waals surface area contributed by atoms with E-state index < -0.39 is 0 Å². The van der Waals surface area contributed by atoms with Crippen LogP contribution < -0.4 is 10.2 Å². The molecule has 0 saturated carbocycles. The molecule has 2 aromatic rings. The second-order valence-corrected chi connectivity index (χ2v) is 6.90. The number of rotatable bonds is 6. The summed E-state index contributed by atoms with van der Waals surface area (Å²) in [6.07, 6.45) is 5.80. The molecule has 8 heteroatoms. The average Bonchev–Trinajstić information content (AvgIpc) is 3.14. The number of likely N-dealkylation sites (N-methyl/N-ethyl adjacent to an activating group) is 1. The molecule has 3 rings (SSSR count). The van der Waals surface area contributed by atoms with E-state index in [1.54, 1.807) is 0 Å². The van der Waals surface area contributed by atoms with Crippen LogP contribution in [0.25, 0.3) is 0 Å². The quantitative estimate of drug-likeness (QED) is 0.815. The third-order valence-corrected chi connectivity index (χ3v) is 4.87. The third-order valence-electron chi connectivity index (χ3n) is 4.87. The highest BCUT2D eigenvalue weighted by molar-refractivity contribution is 5.30. The molecule has 0 unspecified atom stereocenters. The summed E-state index contributed by atoms with van der Waals surface area (Å²) in [4.78, 5) is 13.1. The van der Waals surface area contributed by atoms with E-state index in [2.05, 4.69) is 36.4 Å². The van der Waals surface area contributed by atoms with Gasteiger partial charge in [0.2, 0.25) is 5.95 Å². The van der Waals surface area contributed by atoms with E-state index in [1.165, 1.54) is 5.69 Å². The van der Waals surface area contributed by atoms with E-state index >= 15 is 0 Å². The monoisotopic (exact) mass is 347 g/mol. The Kier molecular flexibility index (Phi) is 5.41. The standard InChI is InChI=1S/C17H29N7O/c1-21(2)17-20-9-13(24(17)5)8-18-11-15-16(22(3)6-7-25-15)14-10-19-12-23(14)4/h9-10,12,15-16,18H,6-8,11H2,1-5H3/t15-,16-/m0/s1. The van der Waals surface area contributed by atoms with E-state index in [0.29, 0.717) is 0 Å². The van der Waals surface area contributed by atoms with Crippen molar-refractivity contribution in [1.82, 2.24) is 29.3 Å². The lowest BCUT2D eigenvalue weighted by Gasteiger charge is -2.39. The van der Waals surface area contributed by atoms with Gasteiger partial charge in [0.15, 0.2) is 0 Å². The maximum absolute atomic E-state index is 6.08. The van der Waals surface area contributed by atoms with Gasteiger partial charge in [0, 0.05) is 54.0 Å². The van der Waals surface area contributed by atoms with Crippen molar-refractivity contribution in [3.05, 3.63) is 30.1 Å². The molecule has 1 N–H and O–H groups in total. The van der Waals surface area contributed by atoms with Crippen LogP contribution in [0.1, 0.15) is 17.4 Å². The van der Waals surface area contributed by atoms with Crippen molar-refractivity contribution in [2.24, 2.45) is 14.1 Å². The zero-order chi connectivity index (χ0) is 18.0. The first kappa shape index (κ1) is 17.9. The first-order valence-electron chi connectivity index (χ1n) is 8.65. The van der Waals surface area contributed by atoms with Crippen LogP contribution in [-0.2, 0) is 25.4 Å². The fourth-order valence-electron chi connectivity index (χ4n) is 3.46. The van der Waals surface area contributed by atoms with Gasteiger partial charge in [-0.15, -0.1) is 0 Å². The number of ether oxygens (including phenoxy) is 1. The predicted molar refractivity (Wildman–Crippen MR) is 97.6 cm³/mol. The van der Waals surface area contributed by atoms with Crippen LogP contribution in [-0.4, -0.2) is 70.9 Å². The van der Waals surface area contributed by atoms with Gasteiger partial charge in [-0.3, -0.25) is 4.90 Å². The molecule has 1 aliphatic heterocycles. The Morgan fingerprint density at radius 2 is 2.08 bits per heavy atom. The average molecular weight is 347 g/mol. The number of aryl methyl sites for hydroxylation is 1. The number of anilines is 1. The lowest BCUT2D eigenvalue weighted by molar-refractivity contribution is -0.0636. The molecule has 0 bridgehead atoms. The van der Waals surface area contributed by atoms with Crippen molar-refractivity contribution in [1.29, 1.82) is 0 Å². The van der Waals surface area contributed by atoms with Gasteiger partial charge in [-0.1, -0.05) is 0 Å². The van der Waals surface area contributed by atoms with Crippen LogP contribution in [0.2, 0.25) is 0 Å². The van der Waals surface area contributed by atoms with Gasteiger partial charge in [0.05, 0.1) is 42.7 Å². The van der Waals surface area contributed by atoms with Crippen LogP contribution in [0.3, 0.4) is 0 Å². The Morgan fingerprint density at radius 1 is 1.28 bits per heavy atom. The Labute approximate surface area is 149 Å². The van der Waals surface area contributed by atoms with Crippen molar-refractivity contribution in [3.8, 4) is 0 Å². The number of morpholine rings is 1. The molecule has 1 saturated heterocycles. The van der Waals surface area contributed by atoms with Crippen molar-refractivity contribution in [3.63, 3.8) is 0 Å². The van der Waals surface area contributed by atoms with E-state index in [4.69, 9.17) is 4.74 Å². The molecule has 0 radical (unpaired) electrons. The fraction of sp³-hybridized carbons (Fsp3) is 0.647. The Bertz CT molecular complexity index is 693. The summed E-state index contributed by atoms with van der Waals surface area (Å²) in [6, 6.07) is 0.206. The van der Waals surface area contributed by atoms with Crippen LogP contribution in [0, 0.1) is 0 Å². The van der Waals surface area contributed by atoms with E-state index in [9.17, 15) is 0 Å². The predicted octanol–water partition coefficient (Wildman–Crippen LogP) is 0.381. The van der Waals surface area contributed by atoms with Crippen molar-refractivity contribution < 1.29 is 4.74 Å². The summed E-state index contributed by atoms with van der Waals surface area (Å²) in [7, 11) is 10.2. The highest BCUT2D eigenvalue weighted by Gasteiger charge is 2.33. The molecule has 1 fully saturated rings. The third kappa shape index (κ3) is 3.70. The zero-order valence-electron chi connectivity index (χ0n) is 15.8. The smallest absolute Gasteiger partial charge is 0.204 e. The SMILES string of the molecule is CN(C)c1ncc(CNC[C@@H]2OCCN(C)[C@H]2c2cncn2C)n1C. The summed E-state index contributed by atoms with van der Waals surface area (Å²) in [5.74, 6) is 0.957. The van der Waals surface area contributed by atoms with E-state index in [0.717, 1.165) is 37.9 Å². The summed E-state index contributed by atoms with van der Waals surface area (Å²) in [5.41, 5.74) is 2.34. The second-order valence-electron chi connectivity index (χ2n) is 6.90. The zero-order valence-corrected chi connectivity index (χ0v) is 15.8. The van der Waals surface area contributed by atoms with E-state index in [1.807, 2.05) is 51.8 Å². The van der Waals surface area contributed by atoms with Crippen molar-refractivity contribution in [2.75, 3.05) is 45.7 Å². The largest absolute Gasteiger partial charge is 0.374 e. The lowest BCUT2D eigenvalue weighted by atomic mass is 10.0. The minimum atomic E-state index is 0.0932. The molecule has 3 heterocycles. The van der Waals surface area contributed by atoms with Gasteiger partial charge in [0.1, 0.15) is 0 Å². The molecule has 0 spiro atoms. The summed E-state index contributed by atoms with van der Waals surface area (Å²) in [5, 5.41) is 3.54. The first-order valence-corrected chi connectivity index (χ1v) is 8.65. The first-order chi connectivity index (χ1) is 12.0. The topological polar surface area (TPSA) is 63.4 Å². The minimum Gasteiger partial charge on any atom is -0.374 e. The van der Waals surface area contributed by atoms with Crippen molar-refractivity contribution >= 4 is 5.95 Å². The summed E-state index contributed by atoms with van der Waals surface area (Å²) >= 11 is 0. The Balaban J connectivity index is 1.64. The minimum absolute atomic E-state index is 0.0932. The molecule has 8 nitrogen and oxygen atoms in total. The van der Waals surface area contributed by atoms with Gasteiger partial charge in [-0.05, 0) is 7.05 Å². The molecule has 0 aromatic carbocycles. The number of aromatic nitrogens is 4. The number of imidazole rings is 2. The number of hydrogen-bond acceptors (Lipinski definition) is 6. The maximum Gasteiger partial charge on any atom is 0.204 e. The molecule has 2 atom stereocenters. The molecule has 25 heavy (non-hydrogen) atoms. The van der Waals surface area contributed by atoms with Crippen LogP contribution in [0.4, 0.5) is 5.95 Å². The van der Waals surface area contributed by atoms with Gasteiger partial charge in [-0.25, -0.2) is 9.97 Å². The highest BCUT2D eigenvalue weighted by Crippen LogP contribution is 2.27. The molecule has 2 aromatic heterocycles. The molecule has 0 aliphatic carbocycles. The van der Waals surface area contributed by atoms with Crippen molar-refractivity contribution in [2.45, 2.75) is 18.7 Å².